The molecular formula is C17H16N4O5. The maximum Gasteiger partial charge on any atom is 0.356 e. The summed E-state index contributed by atoms with van der Waals surface area (Å²) in [6.07, 6.45) is 2.68. The van der Waals surface area contributed by atoms with E-state index in [-0.39, 0.29) is 18.4 Å². The van der Waals surface area contributed by atoms with Crippen LogP contribution >= 0.6 is 0 Å². The number of aromatic carboxylic acids is 1. The summed E-state index contributed by atoms with van der Waals surface area (Å²) in [6, 6.07) is 5.18. The topological polar surface area (TPSA) is 105 Å². The summed E-state index contributed by atoms with van der Waals surface area (Å²) in [7, 11) is 0. The molecule has 134 valence electrons. The number of carbonyl (C=O) groups is 2. The number of carbonyl (C=O) groups excluding carboxylic acids is 1. The summed E-state index contributed by atoms with van der Waals surface area (Å²) in [5.41, 5.74) is 0.471. The highest BCUT2D eigenvalue weighted by molar-refractivity contribution is 5.95. The molecule has 2 aromatic rings. The third-order valence-corrected chi connectivity index (χ3v) is 4.37. The Morgan fingerprint density at radius 3 is 2.46 bits per heavy atom. The molecule has 0 saturated carbocycles. The fourth-order valence-electron chi connectivity index (χ4n) is 2.95. The zero-order chi connectivity index (χ0) is 18.1. The van der Waals surface area contributed by atoms with E-state index >= 15 is 0 Å². The van der Waals surface area contributed by atoms with Crippen LogP contribution in [0.3, 0.4) is 0 Å². The Balaban J connectivity index is 1.40. The monoisotopic (exact) mass is 356 g/mol. The van der Waals surface area contributed by atoms with Gasteiger partial charge in [0.1, 0.15) is 5.82 Å². The van der Waals surface area contributed by atoms with Gasteiger partial charge in [0.15, 0.2) is 17.2 Å². The van der Waals surface area contributed by atoms with E-state index < -0.39 is 5.97 Å². The van der Waals surface area contributed by atoms with E-state index in [2.05, 4.69) is 9.97 Å². The van der Waals surface area contributed by atoms with Crippen LogP contribution in [0.5, 0.6) is 11.5 Å². The minimum Gasteiger partial charge on any atom is -0.476 e. The number of amides is 1. The molecule has 1 aromatic carbocycles. The molecule has 0 bridgehead atoms. The molecule has 1 N–H and O–H groups in total. The number of hydrogen-bond donors (Lipinski definition) is 1. The normalized spacial score (nSPS) is 15.8. The first kappa shape index (κ1) is 16.1. The van der Waals surface area contributed by atoms with Crippen LogP contribution in [0.4, 0.5) is 5.82 Å². The van der Waals surface area contributed by atoms with Gasteiger partial charge in [-0.2, -0.15) is 0 Å². The quantitative estimate of drug-likeness (QED) is 0.864. The smallest absolute Gasteiger partial charge is 0.356 e. The number of hydrogen-bond acceptors (Lipinski definition) is 7. The standard InChI is InChI=1S/C17H16N4O5/c22-16(11-1-2-13-14(7-11)26-10-25-13)21-5-3-20(4-6-21)15-9-18-12(8-19-15)17(23)24/h1-2,7-9H,3-6,10H2,(H,23,24). The SMILES string of the molecule is O=C(O)c1cnc(N2CCN(C(=O)c3ccc4c(c3)OCO4)CC2)cn1. The molecule has 0 unspecified atom stereocenters. The first-order chi connectivity index (χ1) is 12.6. The van der Waals surface area contributed by atoms with E-state index in [1.807, 2.05) is 4.90 Å². The predicted octanol–water partition coefficient (Wildman–Crippen LogP) is 0.866. The lowest BCUT2D eigenvalue weighted by molar-refractivity contribution is 0.0688. The van der Waals surface area contributed by atoms with Gasteiger partial charge in [0, 0.05) is 31.7 Å². The molecule has 1 saturated heterocycles. The minimum atomic E-state index is -1.11. The molecule has 1 fully saturated rings. The van der Waals surface area contributed by atoms with E-state index in [0.29, 0.717) is 49.1 Å². The molecule has 9 nitrogen and oxygen atoms in total. The van der Waals surface area contributed by atoms with E-state index in [9.17, 15) is 9.59 Å². The summed E-state index contributed by atoms with van der Waals surface area (Å²) in [5, 5.41) is 8.87. The molecule has 2 aliphatic heterocycles. The van der Waals surface area contributed by atoms with Gasteiger partial charge in [-0.25, -0.2) is 14.8 Å². The molecule has 0 atom stereocenters. The van der Waals surface area contributed by atoms with Gasteiger partial charge in [-0.15, -0.1) is 0 Å². The van der Waals surface area contributed by atoms with Gasteiger partial charge in [0.2, 0.25) is 6.79 Å². The number of ether oxygens (including phenoxy) is 2. The highest BCUT2D eigenvalue weighted by Gasteiger charge is 2.25. The van der Waals surface area contributed by atoms with Gasteiger partial charge in [-0.05, 0) is 18.2 Å². The number of carboxylic acid groups (broad SMARTS) is 1. The van der Waals surface area contributed by atoms with Crippen LogP contribution in [-0.2, 0) is 0 Å². The zero-order valence-corrected chi connectivity index (χ0v) is 13.8. The second-order valence-corrected chi connectivity index (χ2v) is 5.91. The maximum atomic E-state index is 12.7. The summed E-state index contributed by atoms with van der Waals surface area (Å²) >= 11 is 0. The maximum absolute atomic E-state index is 12.7. The van der Waals surface area contributed by atoms with Crippen molar-refractivity contribution < 1.29 is 24.2 Å². The predicted molar refractivity (Wildman–Crippen MR) is 89.7 cm³/mol. The third-order valence-electron chi connectivity index (χ3n) is 4.37. The first-order valence-corrected chi connectivity index (χ1v) is 8.11. The van der Waals surface area contributed by atoms with E-state index in [1.165, 1.54) is 12.4 Å². The Hall–Kier alpha value is -3.36. The molecule has 1 amide bonds. The van der Waals surface area contributed by atoms with Gasteiger partial charge in [-0.3, -0.25) is 4.79 Å². The third kappa shape index (κ3) is 2.99. The fraction of sp³-hybridized carbons (Fsp3) is 0.294. The molecule has 2 aliphatic rings. The number of nitrogens with zero attached hydrogens (tertiary/aromatic N) is 4. The lowest BCUT2D eigenvalue weighted by Crippen LogP contribution is -2.49. The number of fused-ring (bicyclic) bond motifs is 1. The number of piperazine rings is 1. The van der Waals surface area contributed by atoms with E-state index in [4.69, 9.17) is 14.6 Å². The Morgan fingerprint density at radius 2 is 1.77 bits per heavy atom. The van der Waals surface area contributed by atoms with Crippen molar-refractivity contribution in [2.24, 2.45) is 0 Å². The number of benzene rings is 1. The summed E-state index contributed by atoms with van der Waals surface area (Å²) < 4.78 is 10.6. The van der Waals surface area contributed by atoms with Gasteiger partial charge >= 0.3 is 5.97 Å². The van der Waals surface area contributed by atoms with Crippen molar-refractivity contribution in [3.05, 3.63) is 41.9 Å². The molecule has 26 heavy (non-hydrogen) atoms. The van der Waals surface area contributed by atoms with Crippen LogP contribution in [-0.4, -0.2) is 64.8 Å². The Bertz CT molecular complexity index is 847. The van der Waals surface area contributed by atoms with Crippen molar-refractivity contribution in [3.63, 3.8) is 0 Å². The van der Waals surface area contributed by atoms with Crippen molar-refractivity contribution in [1.29, 1.82) is 0 Å². The zero-order valence-electron chi connectivity index (χ0n) is 13.8. The fourth-order valence-corrected chi connectivity index (χ4v) is 2.95. The Kier molecular flexibility index (Phi) is 4.04. The molecule has 9 heteroatoms. The molecule has 4 rings (SSSR count). The number of carboxylic acids is 1. The summed E-state index contributed by atoms with van der Waals surface area (Å²) in [6.45, 7) is 2.44. The molecule has 1 aromatic heterocycles. The second kappa shape index (κ2) is 6.51. The van der Waals surface area contributed by atoms with Crippen LogP contribution < -0.4 is 14.4 Å². The largest absolute Gasteiger partial charge is 0.476 e. The van der Waals surface area contributed by atoms with Crippen LogP contribution in [0.1, 0.15) is 20.8 Å². The van der Waals surface area contributed by atoms with Crippen molar-refractivity contribution in [2.75, 3.05) is 37.9 Å². The number of aromatic nitrogens is 2. The van der Waals surface area contributed by atoms with Gasteiger partial charge in [-0.1, -0.05) is 0 Å². The van der Waals surface area contributed by atoms with Crippen LogP contribution in [0.25, 0.3) is 0 Å². The Morgan fingerprint density at radius 1 is 1.00 bits per heavy atom. The molecule has 0 aliphatic carbocycles. The van der Waals surface area contributed by atoms with Crippen molar-refractivity contribution in [3.8, 4) is 11.5 Å². The van der Waals surface area contributed by atoms with Gasteiger partial charge in [0.05, 0.1) is 12.4 Å². The van der Waals surface area contributed by atoms with Crippen LogP contribution in [0, 0.1) is 0 Å². The summed E-state index contributed by atoms with van der Waals surface area (Å²) in [5.74, 6) is 0.668. The van der Waals surface area contributed by atoms with E-state index in [0.717, 1.165) is 0 Å². The molecule has 0 radical (unpaired) electrons. The lowest BCUT2D eigenvalue weighted by atomic mass is 10.1. The average Bonchev–Trinajstić information content (AvgIpc) is 3.15. The summed E-state index contributed by atoms with van der Waals surface area (Å²) in [4.78, 5) is 35.3. The lowest BCUT2D eigenvalue weighted by Gasteiger charge is -2.35. The van der Waals surface area contributed by atoms with E-state index in [1.54, 1.807) is 23.1 Å². The number of anilines is 1. The molecular weight excluding hydrogens is 340 g/mol. The van der Waals surface area contributed by atoms with Crippen molar-refractivity contribution in [2.45, 2.75) is 0 Å². The highest BCUT2D eigenvalue weighted by atomic mass is 16.7. The van der Waals surface area contributed by atoms with Crippen molar-refractivity contribution >= 4 is 17.7 Å². The van der Waals surface area contributed by atoms with Gasteiger partial charge in [0.25, 0.3) is 5.91 Å². The van der Waals surface area contributed by atoms with Gasteiger partial charge < -0.3 is 24.4 Å². The second-order valence-electron chi connectivity index (χ2n) is 5.91. The first-order valence-electron chi connectivity index (χ1n) is 8.11. The highest BCUT2D eigenvalue weighted by Crippen LogP contribution is 2.32. The van der Waals surface area contributed by atoms with Crippen LogP contribution in [0.15, 0.2) is 30.6 Å². The molecule has 0 spiro atoms. The Labute approximate surface area is 148 Å². The molecule has 3 heterocycles. The minimum absolute atomic E-state index is 0.0599. The van der Waals surface area contributed by atoms with Crippen molar-refractivity contribution in [1.82, 2.24) is 14.9 Å². The van der Waals surface area contributed by atoms with Crippen LogP contribution in [0.2, 0.25) is 0 Å². The average molecular weight is 356 g/mol. The number of rotatable bonds is 3.